The molecule has 0 fully saturated rings. The molecular weight excluding hydrogens is 331 g/mol. The van der Waals surface area contributed by atoms with Crippen molar-refractivity contribution in [2.75, 3.05) is 5.32 Å². The summed E-state index contributed by atoms with van der Waals surface area (Å²) in [6, 6.07) is 10.5. The fourth-order valence-corrected chi connectivity index (χ4v) is 1.80. The van der Waals surface area contributed by atoms with Crippen molar-refractivity contribution >= 4 is 28.9 Å². The van der Waals surface area contributed by atoms with E-state index < -0.39 is 22.6 Å². The number of non-ortho nitro benzene ring substituents is 1. The summed E-state index contributed by atoms with van der Waals surface area (Å²) in [5.74, 6) is -2.44. The minimum Gasteiger partial charge on any atom is -0.318 e. The van der Waals surface area contributed by atoms with Gasteiger partial charge >= 0.3 is 11.8 Å². The molecule has 0 bridgehead atoms. The van der Waals surface area contributed by atoms with E-state index in [1.54, 1.807) is 6.92 Å². The average molecular weight is 344 g/mol. The highest BCUT2D eigenvalue weighted by Gasteiger charge is 2.13. The Hall–Kier alpha value is -3.62. The van der Waals surface area contributed by atoms with Gasteiger partial charge in [-0.2, -0.15) is 5.10 Å². The third-order valence-electron chi connectivity index (χ3n) is 3.13. The van der Waals surface area contributed by atoms with Crippen molar-refractivity contribution in [1.82, 2.24) is 5.43 Å². The Morgan fingerprint density at radius 3 is 2.20 bits per heavy atom. The van der Waals surface area contributed by atoms with Gasteiger partial charge in [0.25, 0.3) is 5.69 Å². The molecule has 2 aromatic carbocycles. The van der Waals surface area contributed by atoms with E-state index in [1.807, 2.05) is 0 Å². The van der Waals surface area contributed by atoms with Crippen LogP contribution in [0.3, 0.4) is 0 Å². The van der Waals surface area contributed by atoms with Gasteiger partial charge in [-0.3, -0.25) is 19.7 Å². The highest BCUT2D eigenvalue weighted by atomic mass is 19.1. The Balaban J connectivity index is 1.96. The van der Waals surface area contributed by atoms with Crippen molar-refractivity contribution in [1.29, 1.82) is 0 Å². The molecule has 0 aromatic heterocycles. The zero-order chi connectivity index (χ0) is 18.4. The molecule has 128 valence electrons. The number of halogens is 1. The summed E-state index contributed by atoms with van der Waals surface area (Å²) in [6.45, 7) is 1.57. The number of carbonyl (C=O) groups excluding carboxylic acids is 2. The van der Waals surface area contributed by atoms with Crippen LogP contribution in [-0.4, -0.2) is 22.4 Å². The standard InChI is InChI=1S/C16H13FN4O4/c1-10(11-2-8-14(9-3-11)21(24)25)19-20-16(23)15(22)18-13-6-4-12(17)5-7-13/h2-9H,1H3,(H,18,22)(H,20,23). The second kappa shape index (κ2) is 7.77. The molecule has 2 N–H and O–H groups in total. The van der Waals surface area contributed by atoms with Crippen LogP contribution in [0, 0.1) is 15.9 Å². The second-order valence-corrected chi connectivity index (χ2v) is 4.90. The first-order valence-corrected chi connectivity index (χ1v) is 7.03. The van der Waals surface area contributed by atoms with Crippen LogP contribution in [0.15, 0.2) is 53.6 Å². The summed E-state index contributed by atoms with van der Waals surface area (Å²) >= 11 is 0. The van der Waals surface area contributed by atoms with Crippen LogP contribution in [0.4, 0.5) is 15.8 Å². The van der Waals surface area contributed by atoms with E-state index in [0.717, 1.165) is 12.1 Å². The summed E-state index contributed by atoms with van der Waals surface area (Å²) in [5.41, 5.74) is 3.18. The summed E-state index contributed by atoms with van der Waals surface area (Å²) in [5, 5.41) is 16.7. The Morgan fingerprint density at radius 2 is 1.64 bits per heavy atom. The zero-order valence-corrected chi connectivity index (χ0v) is 13.0. The lowest BCUT2D eigenvalue weighted by atomic mass is 10.1. The Bertz CT molecular complexity index is 832. The van der Waals surface area contributed by atoms with Gasteiger partial charge in [-0.1, -0.05) is 0 Å². The number of nitrogens with one attached hydrogen (secondary N) is 2. The van der Waals surface area contributed by atoms with E-state index in [2.05, 4.69) is 15.8 Å². The van der Waals surface area contributed by atoms with E-state index in [0.29, 0.717) is 11.3 Å². The molecule has 0 saturated heterocycles. The Kier molecular flexibility index (Phi) is 5.51. The van der Waals surface area contributed by atoms with Gasteiger partial charge in [0, 0.05) is 17.8 Å². The number of nitro groups is 1. The van der Waals surface area contributed by atoms with Crippen molar-refractivity contribution in [3.05, 3.63) is 70.0 Å². The lowest BCUT2D eigenvalue weighted by Crippen LogP contribution is -2.32. The molecule has 0 unspecified atom stereocenters. The number of amides is 2. The Morgan fingerprint density at radius 1 is 1.04 bits per heavy atom. The largest absolute Gasteiger partial charge is 0.329 e. The van der Waals surface area contributed by atoms with Gasteiger partial charge in [-0.25, -0.2) is 9.82 Å². The number of hydrogen-bond donors (Lipinski definition) is 2. The molecule has 2 rings (SSSR count). The summed E-state index contributed by atoms with van der Waals surface area (Å²) in [6.07, 6.45) is 0. The van der Waals surface area contributed by atoms with Crippen LogP contribution >= 0.6 is 0 Å². The van der Waals surface area contributed by atoms with Gasteiger partial charge in [0.05, 0.1) is 10.6 Å². The van der Waals surface area contributed by atoms with Crippen LogP contribution in [-0.2, 0) is 9.59 Å². The van der Waals surface area contributed by atoms with Crippen LogP contribution < -0.4 is 10.7 Å². The first-order chi connectivity index (χ1) is 11.9. The highest BCUT2D eigenvalue weighted by molar-refractivity contribution is 6.39. The second-order valence-electron chi connectivity index (χ2n) is 4.90. The molecule has 0 aliphatic heterocycles. The number of carbonyl (C=O) groups is 2. The molecule has 0 radical (unpaired) electrons. The lowest BCUT2D eigenvalue weighted by molar-refractivity contribution is -0.384. The number of benzene rings is 2. The fourth-order valence-electron chi connectivity index (χ4n) is 1.80. The van der Waals surface area contributed by atoms with Crippen LogP contribution in [0.5, 0.6) is 0 Å². The minimum atomic E-state index is -1.01. The van der Waals surface area contributed by atoms with Crippen molar-refractivity contribution in [3.8, 4) is 0 Å². The van der Waals surface area contributed by atoms with E-state index in [1.165, 1.54) is 36.4 Å². The predicted octanol–water partition coefficient (Wildman–Crippen LogP) is 2.21. The number of nitro benzene ring substituents is 1. The molecule has 25 heavy (non-hydrogen) atoms. The zero-order valence-electron chi connectivity index (χ0n) is 13.0. The quantitative estimate of drug-likeness (QED) is 0.383. The molecule has 0 aliphatic rings. The van der Waals surface area contributed by atoms with Gasteiger partial charge in [0.1, 0.15) is 5.82 Å². The molecule has 2 aromatic rings. The molecule has 0 heterocycles. The summed E-state index contributed by atoms with van der Waals surface area (Å²) in [4.78, 5) is 33.5. The average Bonchev–Trinajstić information content (AvgIpc) is 2.61. The van der Waals surface area contributed by atoms with Gasteiger partial charge in [0.2, 0.25) is 0 Å². The van der Waals surface area contributed by atoms with E-state index >= 15 is 0 Å². The molecule has 0 saturated carbocycles. The van der Waals surface area contributed by atoms with Gasteiger partial charge in [-0.05, 0) is 48.9 Å². The van der Waals surface area contributed by atoms with Crippen molar-refractivity contribution < 1.29 is 18.9 Å². The maximum atomic E-state index is 12.8. The monoisotopic (exact) mass is 344 g/mol. The smallest absolute Gasteiger partial charge is 0.318 e. The molecule has 0 spiro atoms. The molecule has 2 amide bonds. The van der Waals surface area contributed by atoms with Crippen LogP contribution in [0.1, 0.15) is 12.5 Å². The maximum absolute atomic E-state index is 12.8. The van der Waals surface area contributed by atoms with Crippen LogP contribution in [0.25, 0.3) is 0 Å². The van der Waals surface area contributed by atoms with Crippen LogP contribution in [0.2, 0.25) is 0 Å². The number of anilines is 1. The summed E-state index contributed by atoms with van der Waals surface area (Å²) < 4.78 is 12.8. The Labute approximate surface area is 141 Å². The minimum absolute atomic E-state index is 0.0701. The molecule has 0 atom stereocenters. The predicted molar refractivity (Wildman–Crippen MR) is 88.5 cm³/mol. The molecule has 8 nitrogen and oxygen atoms in total. The normalized spacial score (nSPS) is 10.9. The van der Waals surface area contributed by atoms with E-state index in [9.17, 15) is 24.1 Å². The lowest BCUT2D eigenvalue weighted by Gasteiger charge is -2.05. The first kappa shape index (κ1) is 17.7. The summed E-state index contributed by atoms with van der Waals surface area (Å²) in [7, 11) is 0. The van der Waals surface area contributed by atoms with Crippen molar-refractivity contribution in [3.63, 3.8) is 0 Å². The van der Waals surface area contributed by atoms with Crippen molar-refractivity contribution in [2.45, 2.75) is 6.92 Å². The molecular formula is C16H13FN4O4. The fraction of sp³-hybridized carbons (Fsp3) is 0.0625. The number of rotatable bonds is 4. The first-order valence-electron chi connectivity index (χ1n) is 7.03. The van der Waals surface area contributed by atoms with Gasteiger partial charge < -0.3 is 5.32 Å². The van der Waals surface area contributed by atoms with E-state index in [-0.39, 0.29) is 11.4 Å². The third kappa shape index (κ3) is 4.93. The maximum Gasteiger partial charge on any atom is 0.329 e. The third-order valence-corrected chi connectivity index (χ3v) is 3.13. The topological polar surface area (TPSA) is 114 Å². The van der Waals surface area contributed by atoms with Crippen molar-refractivity contribution in [2.24, 2.45) is 5.10 Å². The van der Waals surface area contributed by atoms with Gasteiger partial charge in [0.15, 0.2) is 0 Å². The van der Waals surface area contributed by atoms with E-state index in [4.69, 9.17) is 0 Å². The number of hydrazone groups is 1. The number of nitrogens with zero attached hydrogens (tertiary/aromatic N) is 2. The SMILES string of the molecule is CC(=NNC(=O)C(=O)Nc1ccc(F)cc1)c1ccc([N+](=O)[O-])cc1. The van der Waals surface area contributed by atoms with Gasteiger partial charge in [-0.15, -0.1) is 0 Å². The molecule has 0 aliphatic carbocycles. The highest BCUT2D eigenvalue weighted by Crippen LogP contribution is 2.12. The molecule has 9 heteroatoms. The number of hydrogen-bond acceptors (Lipinski definition) is 5.